The van der Waals surface area contributed by atoms with E-state index in [0.29, 0.717) is 31.2 Å². The highest BCUT2D eigenvalue weighted by molar-refractivity contribution is 14.1. The molecule has 4 N–H and O–H groups in total. The van der Waals surface area contributed by atoms with Crippen molar-refractivity contribution in [1.82, 2.24) is 0 Å². The van der Waals surface area contributed by atoms with Gasteiger partial charge in [-0.3, -0.25) is 0 Å². The fourth-order valence-electron chi connectivity index (χ4n) is 3.46. The highest BCUT2D eigenvalue weighted by Crippen LogP contribution is 2.35. The number of nitrogens with two attached hydrogens (primary N) is 1. The first kappa shape index (κ1) is 31.7. The van der Waals surface area contributed by atoms with Gasteiger partial charge in [-0.25, -0.2) is 4.79 Å². The van der Waals surface area contributed by atoms with Gasteiger partial charge in [0.05, 0.1) is 25.5 Å². The largest absolute Gasteiger partial charge is 0.461 e. The van der Waals surface area contributed by atoms with Crippen LogP contribution in [0.1, 0.15) is 64.0 Å². The predicted octanol–water partition coefficient (Wildman–Crippen LogP) is 6.91. The number of aliphatic hydroxyl groups excluding tert-OH is 2. The van der Waals surface area contributed by atoms with E-state index in [0.717, 1.165) is 38.6 Å². The number of benzene rings is 2. The normalized spacial score (nSPS) is 14.8. The van der Waals surface area contributed by atoms with Gasteiger partial charge >= 0.3 is 5.97 Å². The molecule has 0 saturated carbocycles. The molecular weight excluding hydrogens is 902 g/mol. The Labute approximate surface area is 262 Å². The van der Waals surface area contributed by atoms with Gasteiger partial charge in [0.2, 0.25) is 0 Å². The maximum Gasteiger partial charge on any atom is 0.327 e. The minimum absolute atomic E-state index is 0.290. The lowest BCUT2D eigenvalue weighted by Gasteiger charge is -2.19. The Morgan fingerprint density at radius 2 is 1.43 bits per heavy atom. The van der Waals surface area contributed by atoms with E-state index in [4.69, 9.17) is 15.2 Å². The number of esters is 1. The summed E-state index contributed by atoms with van der Waals surface area (Å²) < 4.78 is 15.6. The summed E-state index contributed by atoms with van der Waals surface area (Å²) in [5.41, 5.74) is 6.91. The highest BCUT2D eigenvalue weighted by atomic mass is 127. The molecule has 4 atom stereocenters. The van der Waals surface area contributed by atoms with Gasteiger partial charge in [-0.2, -0.15) is 0 Å². The van der Waals surface area contributed by atoms with E-state index >= 15 is 0 Å². The SMILES string of the molecule is CC(O)CCCC(O)CCCC(C)OC(=O)C(N)c1cc(I)c(Oc2cc(I)cc(I)c2)c(I)c1. The van der Waals surface area contributed by atoms with Crippen LogP contribution in [0.15, 0.2) is 30.3 Å². The zero-order valence-corrected chi connectivity index (χ0v) is 28.3. The molecule has 0 amide bonds. The molecule has 0 fully saturated rings. The molecule has 35 heavy (non-hydrogen) atoms. The number of halogens is 4. The zero-order valence-electron chi connectivity index (χ0n) is 19.6. The van der Waals surface area contributed by atoms with Gasteiger partial charge in [-0.05, 0) is 179 Å². The first-order valence-electron chi connectivity index (χ1n) is 11.4. The van der Waals surface area contributed by atoms with E-state index in [2.05, 4.69) is 96.4 Å². The second kappa shape index (κ2) is 15.8. The van der Waals surface area contributed by atoms with E-state index < -0.39 is 18.1 Å². The van der Waals surface area contributed by atoms with Crippen LogP contribution in [0.5, 0.6) is 11.5 Å². The number of aliphatic hydroxyl groups is 2. The Balaban J connectivity index is 1.90. The first-order chi connectivity index (χ1) is 16.5. The van der Waals surface area contributed by atoms with E-state index in [1.807, 2.05) is 31.2 Å². The van der Waals surface area contributed by atoms with Gasteiger partial charge in [0.1, 0.15) is 11.8 Å². The number of hydrogen-bond acceptors (Lipinski definition) is 6. The first-order valence-corrected chi connectivity index (χ1v) is 15.7. The predicted molar refractivity (Wildman–Crippen MR) is 172 cm³/mol. The van der Waals surface area contributed by atoms with Gasteiger partial charge in [0.25, 0.3) is 0 Å². The van der Waals surface area contributed by atoms with Crippen molar-refractivity contribution in [3.8, 4) is 11.5 Å². The molecule has 0 aliphatic carbocycles. The molecule has 0 saturated heterocycles. The molecule has 0 radical (unpaired) electrons. The van der Waals surface area contributed by atoms with Gasteiger partial charge in [-0.15, -0.1) is 0 Å². The summed E-state index contributed by atoms with van der Waals surface area (Å²) in [6.45, 7) is 3.60. The highest BCUT2D eigenvalue weighted by Gasteiger charge is 2.23. The van der Waals surface area contributed by atoms with E-state index in [1.165, 1.54) is 0 Å². The number of ether oxygens (including phenoxy) is 2. The number of carbonyl (C=O) groups excluding carboxylic acids is 1. The molecule has 0 spiro atoms. The summed E-state index contributed by atoms with van der Waals surface area (Å²) in [6.07, 6.45) is 3.19. The zero-order chi connectivity index (χ0) is 26.1. The van der Waals surface area contributed by atoms with Crippen LogP contribution in [0.25, 0.3) is 0 Å². The lowest BCUT2D eigenvalue weighted by atomic mass is 10.0. The molecule has 0 heterocycles. The molecule has 0 aliphatic rings. The molecule has 2 aromatic rings. The van der Waals surface area contributed by atoms with Crippen LogP contribution in [-0.4, -0.2) is 34.5 Å². The van der Waals surface area contributed by atoms with Gasteiger partial charge in [0, 0.05) is 7.14 Å². The summed E-state index contributed by atoms with van der Waals surface area (Å²) in [7, 11) is 0. The molecule has 6 nitrogen and oxygen atoms in total. The van der Waals surface area contributed by atoms with Crippen molar-refractivity contribution >= 4 is 96.3 Å². The molecule has 0 aromatic heterocycles. The fourth-order valence-corrected chi connectivity index (χ4v) is 7.38. The van der Waals surface area contributed by atoms with Crippen molar-refractivity contribution in [2.75, 3.05) is 0 Å². The molecule has 194 valence electrons. The van der Waals surface area contributed by atoms with E-state index in [-0.39, 0.29) is 12.2 Å². The monoisotopic (exact) mass is 933 g/mol. The van der Waals surface area contributed by atoms with Crippen LogP contribution < -0.4 is 10.5 Å². The average molecular weight is 933 g/mol. The minimum Gasteiger partial charge on any atom is -0.461 e. The summed E-state index contributed by atoms with van der Waals surface area (Å²) >= 11 is 8.92. The Kier molecular flexibility index (Phi) is 14.3. The van der Waals surface area contributed by atoms with E-state index in [1.54, 1.807) is 6.92 Å². The van der Waals surface area contributed by atoms with Crippen LogP contribution in [0.3, 0.4) is 0 Å². The molecule has 4 unspecified atom stereocenters. The molecule has 2 rings (SSSR count). The van der Waals surface area contributed by atoms with Crippen molar-refractivity contribution < 1.29 is 24.5 Å². The Bertz CT molecular complexity index is 945. The van der Waals surface area contributed by atoms with Crippen molar-refractivity contribution in [2.24, 2.45) is 5.73 Å². The lowest BCUT2D eigenvalue weighted by molar-refractivity contribution is -0.150. The Hall–Kier alpha value is 0.510. The standard InChI is InChI=1S/C25H31I4NO5/c1-14(31)5-3-7-19(32)8-4-6-15(2)34-25(33)23(30)16-9-21(28)24(22(29)10-16)35-20-12-17(26)11-18(27)13-20/h9-15,19,23,31-32H,3-8,30H2,1-2H3. The van der Waals surface area contributed by atoms with Crippen LogP contribution >= 0.6 is 90.4 Å². The smallest absolute Gasteiger partial charge is 0.327 e. The van der Waals surface area contributed by atoms with Crippen LogP contribution in [0.2, 0.25) is 0 Å². The third kappa shape index (κ3) is 11.4. The maximum absolute atomic E-state index is 12.7. The van der Waals surface area contributed by atoms with Crippen LogP contribution in [0, 0.1) is 14.3 Å². The summed E-state index contributed by atoms with van der Waals surface area (Å²) in [5.74, 6) is 1.02. The fraction of sp³-hybridized carbons (Fsp3) is 0.480. The van der Waals surface area contributed by atoms with Gasteiger partial charge in [0.15, 0.2) is 5.75 Å². The molecule has 10 heteroatoms. The average Bonchev–Trinajstić information content (AvgIpc) is 2.74. The molecule has 0 bridgehead atoms. The van der Waals surface area contributed by atoms with Gasteiger partial charge in [-0.1, -0.05) is 0 Å². The molecule has 0 aliphatic heterocycles. The quantitative estimate of drug-likeness (QED) is 0.149. The van der Waals surface area contributed by atoms with Crippen LogP contribution in [-0.2, 0) is 9.53 Å². The third-order valence-electron chi connectivity index (χ3n) is 5.31. The second-order valence-electron chi connectivity index (χ2n) is 8.61. The summed E-state index contributed by atoms with van der Waals surface area (Å²) in [6, 6.07) is 8.84. The van der Waals surface area contributed by atoms with Crippen LogP contribution in [0.4, 0.5) is 0 Å². The Morgan fingerprint density at radius 3 is 1.97 bits per heavy atom. The van der Waals surface area contributed by atoms with E-state index in [9.17, 15) is 15.0 Å². The van der Waals surface area contributed by atoms with Crippen molar-refractivity contribution in [3.63, 3.8) is 0 Å². The van der Waals surface area contributed by atoms with Crippen molar-refractivity contribution in [3.05, 3.63) is 50.2 Å². The van der Waals surface area contributed by atoms with Crippen molar-refractivity contribution in [1.29, 1.82) is 0 Å². The number of hydrogen-bond donors (Lipinski definition) is 3. The molecular formula is C25H31I4NO5. The van der Waals surface area contributed by atoms with Gasteiger partial charge < -0.3 is 25.4 Å². The van der Waals surface area contributed by atoms with Crippen molar-refractivity contribution in [2.45, 2.75) is 76.7 Å². The topological polar surface area (TPSA) is 102 Å². The Morgan fingerprint density at radius 1 is 0.886 bits per heavy atom. The molecule has 2 aromatic carbocycles. The lowest BCUT2D eigenvalue weighted by Crippen LogP contribution is -2.27. The third-order valence-corrected chi connectivity index (χ3v) is 8.16. The second-order valence-corrected chi connectivity index (χ2v) is 13.4. The maximum atomic E-state index is 12.7. The summed E-state index contributed by atoms with van der Waals surface area (Å²) in [4.78, 5) is 12.7. The number of rotatable bonds is 13. The minimum atomic E-state index is -0.891. The summed E-state index contributed by atoms with van der Waals surface area (Å²) in [5, 5.41) is 19.4. The number of carbonyl (C=O) groups is 1.